The Morgan fingerprint density at radius 3 is 2.76 bits per heavy atom. The lowest BCUT2D eigenvalue weighted by Crippen LogP contribution is -2.18. The fraction of sp³-hybridized carbons (Fsp3) is 0.409. The second kappa shape index (κ2) is 12.6. The molecule has 0 spiro atoms. The van der Waals surface area contributed by atoms with E-state index in [9.17, 15) is 4.79 Å². The topological polar surface area (TPSA) is 90.4 Å². The number of anilines is 2. The lowest BCUT2D eigenvalue weighted by Gasteiger charge is -2.15. The Hall–Kier alpha value is -1.75. The first-order valence-corrected chi connectivity index (χ1v) is 13.1. The number of pyridine rings is 1. The number of unbranched alkanes of at least 4 members (excludes halogenated alkanes) is 1. The second-order valence-corrected chi connectivity index (χ2v) is 10.4. The maximum atomic E-state index is 12.8. The lowest BCUT2D eigenvalue weighted by molar-refractivity contribution is 0.102. The minimum atomic E-state index is -0.332. The monoisotopic (exact) mass is 527 g/mol. The predicted molar refractivity (Wildman–Crippen MR) is 139 cm³/mol. The summed E-state index contributed by atoms with van der Waals surface area (Å²) in [5, 5.41) is 18.2. The number of carbonyl (C=O) groups is 1. The zero-order valence-electron chi connectivity index (χ0n) is 18.5. The molecule has 0 aliphatic rings. The normalized spacial score (nSPS) is 11.2. The Bertz CT molecular complexity index is 1070. The van der Waals surface area contributed by atoms with E-state index in [1.165, 1.54) is 28.9 Å². The molecule has 0 aliphatic heterocycles. The number of aliphatic hydroxyl groups is 1. The van der Waals surface area contributed by atoms with Crippen molar-refractivity contribution in [3.63, 3.8) is 0 Å². The van der Waals surface area contributed by atoms with Gasteiger partial charge in [-0.25, -0.2) is 9.97 Å². The number of halogens is 2. The number of nitrogens with one attached hydrogen (secondary N) is 2. The van der Waals surface area contributed by atoms with E-state index in [1.807, 2.05) is 11.4 Å². The molecule has 33 heavy (non-hydrogen) atoms. The van der Waals surface area contributed by atoms with E-state index in [0.717, 1.165) is 41.4 Å². The number of hydrogen-bond donors (Lipinski definition) is 3. The van der Waals surface area contributed by atoms with Gasteiger partial charge in [-0.2, -0.15) is 0 Å². The molecule has 3 heterocycles. The SMILES string of the molecule is CCCCN(C)Cc1sc(NC(=O)c2cnc(NCCCO)c(Cl)c2)nc1-c1cc(Cl)cs1. The number of thiazole rings is 1. The maximum Gasteiger partial charge on any atom is 0.259 e. The molecule has 0 radical (unpaired) electrons. The van der Waals surface area contributed by atoms with Gasteiger partial charge < -0.3 is 15.3 Å². The molecule has 0 unspecified atom stereocenters. The molecule has 0 atom stereocenters. The summed E-state index contributed by atoms with van der Waals surface area (Å²) in [5.41, 5.74) is 1.18. The van der Waals surface area contributed by atoms with Crippen LogP contribution in [0.25, 0.3) is 10.6 Å². The Morgan fingerprint density at radius 2 is 2.09 bits per heavy atom. The first-order chi connectivity index (χ1) is 15.9. The molecule has 1 amide bonds. The fourth-order valence-electron chi connectivity index (χ4n) is 3.04. The highest BCUT2D eigenvalue weighted by Crippen LogP contribution is 2.37. The van der Waals surface area contributed by atoms with Crippen LogP contribution in [0.15, 0.2) is 23.7 Å². The third-order valence-electron chi connectivity index (χ3n) is 4.76. The molecule has 0 saturated carbocycles. The third kappa shape index (κ3) is 7.37. The molecule has 3 rings (SSSR count). The second-order valence-electron chi connectivity index (χ2n) is 7.52. The molecular weight excluding hydrogens is 501 g/mol. The van der Waals surface area contributed by atoms with Gasteiger partial charge in [-0.3, -0.25) is 10.1 Å². The smallest absolute Gasteiger partial charge is 0.259 e. The molecule has 11 heteroatoms. The quantitative estimate of drug-likeness (QED) is 0.256. The molecule has 3 aromatic rings. The summed E-state index contributed by atoms with van der Waals surface area (Å²) in [5.74, 6) is 0.145. The molecule has 178 valence electrons. The zero-order chi connectivity index (χ0) is 23.8. The van der Waals surface area contributed by atoms with Crippen molar-refractivity contribution < 1.29 is 9.90 Å². The fourth-order valence-corrected chi connectivity index (χ4v) is 5.48. The summed E-state index contributed by atoms with van der Waals surface area (Å²) in [6.45, 7) is 4.52. The number of carbonyl (C=O) groups excluding carboxylic acids is 1. The Labute approximate surface area is 211 Å². The van der Waals surface area contributed by atoms with E-state index in [1.54, 1.807) is 6.07 Å². The van der Waals surface area contributed by atoms with Crippen LogP contribution in [0.1, 0.15) is 41.4 Å². The van der Waals surface area contributed by atoms with Crippen LogP contribution in [0.5, 0.6) is 0 Å². The van der Waals surface area contributed by atoms with Gasteiger partial charge in [0.25, 0.3) is 5.91 Å². The van der Waals surface area contributed by atoms with Crippen molar-refractivity contribution in [1.82, 2.24) is 14.9 Å². The van der Waals surface area contributed by atoms with Crippen molar-refractivity contribution >= 4 is 62.7 Å². The first-order valence-electron chi connectivity index (χ1n) is 10.7. The van der Waals surface area contributed by atoms with Gasteiger partial charge >= 0.3 is 0 Å². The van der Waals surface area contributed by atoms with Crippen LogP contribution in [-0.2, 0) is 6.54 Å². The van der Waals surface area contributed by atoms with Crippen LogP contribution < -0.4 is 10.6 Å². The molecule has 0 bridgehead atoms. The van der Waals surface area contributed by atoms with Crippen LogP contribution in [0.3, 0.4) is 0 Å². The Balaban J connectivity index is 1.77. The van der Waals surface area contributed by atoms with Gasteiger partial charge in [-0.05, 0) is 38.6 Å². The van der Waals surface area contributed by atoms with Crippen molar-refractivity contribution in [3.05, 3.63) is 44.2 Å². The molecule has 0 aromatic carbocycles. The van der Waals surface area contributed by atoms with Gasteiger partial charge in [0.05, 0.1) is 26.2 Å². The number of hydrogen-bond acceptors (Lipinski definition) is 8. The largest absolute Gasteiger partial charge is 0.396 e. The van der Waals surface area contributed by atoms with Gasteiger partial charge in [-0.1, -0.05) is 47.9 Å². The minimum absolute atomic E-state index is 0.0783. The highest BCUT2D eigenvalue weighted by atomic mass is 35.5. The first kappa shape index (κ1) is 25.9. The van der Waals surface area contributed by atoms with Gasteiger partial charge in [0.2, 0.25) is 0 Å². The number of aliphatic hydroxyl groups excluding tert-OH is 1. The van der Waals surface area contributed by atoms with E-state index in [-0.39, 0.29) is 12.5 Å². The zero-order valence-corrected chi connectivity index (χ0v) is 21.7. The summed E-state index contributed by atoms with van der Waals surface area (Å²) < 4.78 is 0. The number of amides is 1. The molecule has 7 nitrogen and oxygen atoms in total. The summed E-state index contributed by atoms with van der Waals surface area (Å²) in [4.78, 5) is 26.1. The van der Waals surface area contributed by atoms with Crippen molar-refractivity contribution in [1.29, 1.82) is 0 Å². The van der Waals surface area contributed by atoms with E-state index < -0.39 is 0 Å². The predicted octanol–water partition coefficient (Wildman–Crippen LogP) is 5.85. The van der Waals surface area contributed by atoms with Crippen LogP contribution in [0, 0.1) is 0 Å². The standard InChI is InChI=1S/C22H27Cl2N5O2S2/c1-3-4-7-29(2)12-18-19(17-10-15(23)13-32-17)27-22(33-18)28-21(31)14-9-16(24)20(26-11-14)25-6-5-8-30/h9-11,13,30H,3-8,12H2,1-2H3,(H,25,26)(H,27,28,31). The minimum Gasteiger partial charge on any atom is -0.396 e. The van der Waals surface area contributed by atoms with Crippen LogP contribution in [0.4, 0.5) is 10.9 Å². The highest BCUT2D eigenvalue weighted by Gasteiger charge is 2.19. The van der Waals surface area contributed by atoms with E-state index in [2.05, 4.69) is 34.5 Å². The average Bonchev–Trinajstić information content (AvgIpc) is 3.39. The Kier molecular flexibility index (Phi) is 9.91. The summed E-state index contributed by atoms with van der Waals surface area (Å²) in [6.07, 6.45) is 4.30. The van der Waals surface area contributed by atoms with Crippen LogP contribution in [0.2, 0.25) is 10.0 Å². The maximum absolute atomic E-state index is 12.8. The van der Waals surface area contributed by atoms with Crippen molar-refractivity contribution in [2.24, 2.45) is 0 Å². The molecule has 0 saturated heterocycles. The van der Waals surface area contributed by atoms with Crippen molar-refractivity contribution in [3.8, 4) is 10.6 Å². The van der Waals surface area contributed by atoms with Crippen molar-refractivity contribution in [2.45, 2.75) is 32.7 Å². The Morgan fingerprint density at radius 1 is 1.27 bits per heavy atom. The van der Waals surface area contributed by atoms with Gasteiger partial charge in [0.1, 0.15) is 5.82 Å². The number of nitrogens with zero attached hydrogens (tertiary/aromatic N) is 3. The van der Waals surface area contributed by atoms with Crippen LogP contribution in [-0.4, -0.2) is 52.6 Å². The average molecular weight is 529 g/mol. The number of rotatable bonds is 12. The van der Waals surface area contributed by atoms with E-state index in [4.69, 9.17) is 33.3 Å². The number of aromatic nitrogens is 2. The summed E-state index contributed by atoms with van der Waals surface area (Å²) in [7, 11) is 2.09. The third-order valence-corrected chi connectivity index (χ3v) is 7.28. The molecule has 0 fully saturated rings. The van der Waals surface area contributed by atoms with Crippen molar-refractivity contribution in [2.75, 3.05) is 37.4 Å². The van der Waals surface area contributed by atoms with Gasteiger partial charge in [0, 0.05) is 36.2 Å². The van der Waals surface area contributed by atoms with E-state index in [0.29, 0.717) is 39.5 Å². The summed E-state index contributed by atoms with van der Waals surface area (Å²) in [6, 6.07) is 3.47. The number of thiophene rings is 1. The highest BCUT2D eigenvalue weighted by molar-refractivity contribution is 7.17. The van der Waals surface area contributed by atoms with E-state index >= 15 is 0 Å². The molecular formula is C22H27Cl2N5O2S2. The van der Waals surface area contributed by atoms with Gasteiger partial charge in [-0.15, -0.1) is 11.3 Å². The molecule has 0 aliphatic carbocycles. The van der Waals surface area contributed by atoms with Crippen LogP contribution >= 0.6 is 45.9 Å². The molecule has 3 N–H and O–H groups in total. The lowest BCUT2D eigenvalue weighted by atomic mass is 10.2. The molecule has 3 aromatic heterocycles. The summed E-state index contributed by atoms with van der Waals surface area (Å²) >= 11 is 15.4. The van der Waals surface area contributed by atoms with Gasteiger partial charge in [0.15, 0.2) is 5.13 Å².